The number of aromatic nitrogens is 1. The smallest absolute Gasteiger partial charge is 0.0163 e. The van der Waals surface area contributed by atoms with Crippen molar-refractivity contribution >= 4 is 37.7 Å². The van der Waals surface area contributed by atoms with Crippen molar-refractivity contribution in [1.82, 2.24) is 4.98 Å². The van der Waals surface area contributed by atoms with Gasteiger partial charge in [0.25, 0.3) is 0 Å². The number of hydrogen-bond acceptors (Lipinski definition) is 0. The van der Waals surface area contributed by atoms with Crippen LogP contribution >= 0.6 is 15.9 Å². The third-order valence-electron chi connectivity index (χ3n) is 2.39. The Labute approximate surface area is 89.9 Å². The second-order valence-corrected chi connectivity index (χ2v) is 4.21. The number of benzene rings is 2. The lowest BCUT2D eigenvalue weighted by molar-refractivity contribution is 1.50. The van der Waals surface area contributed by atoms with Crippen LogP contribution in [0, 0.1) is 0 Å². The van der Waals surface area contributed by atoms with E-state index in [1.807, 2.05) is 18.2 Å². The van der Waals surface area contributed by atoms with Crippen molar-refractivity contribution in [1.29, 1.82) is 0 Å². The van der Waals surface area contributed by atoms with Crippen LogP contribution in [0.4, 0.5) is 0 Å². The molecule has 0 fully saturated rings. The van der Waals surface area contributed by atoms with Gasteiger partial charge in [-0.05, 0) is 16.8 Å². The Bertz CT molecular complexity index is 610. The van der Waals surface area contributed by atoms with Crippen molar-refractivity contribution in [2.45, 2.75) is 0 Å². The standard InChI is InChI=1S/C12H7BrN/c13-8-5-6-10-9-3-1-2-4-11(9)14-12(10)7-8/h1-7H/q-1. The van der Waals surface area contributed by atoms with Gasteiger partial charge in [-0.1, -0.05) is 52.3 Å². The third-order valence-corrected chi connectivity index (χ3v) is 2.89. The molecule has 0 amide bonds. The molecule has 0 bridgehead atoms. The first kappa shape index (κ1) is 8.06. The maximum atomic E-state index is 4.55. The van der Waals surface area contributed by atoms with E-state index in [4.69, 9.17) is 0 Å². The van der Waals surface area contributed by atoms with Crippen LogP contribution in [0.1, 0.15) is 0 Å². The molecule has 0 saturated carbocycles. The van der Waals surface area contributed by atoms with Crippen LogP contribution in [0.15, 0.2) is 46.9 Å². The molecule has 3 aromatic rings. The number of nitrogens with zero attached hydrogens (tertiary/aromatic N) is 1. The van der Waals surface area contributed by atoms with E-state index in [1.54, 1.807) is 0 Å². The fourth-order valence-electron chi connectivity index (χ4n) is 1.75. The van der Waals surface area contributed by atoms with Crippen LogP contribution in [0.3, 0.4) is 0 Å². The topological polar surface area (TPSA) is 14.1 Å². The summed E-state index contributed by atoms with van der Waals surface area (Å²) in [6.45, 7) is 0. The highest BCUT2D eigenvalue weighted by atomic mass is 79.9. The van der Waals surface area contributed by atoms with Gasteiger partial charge in [-0.3, -0.25) is 0 Å². The van der Waals surface area contributed by atoms with Gasteiger partial charge in [0.2, 0.25) is 0 Å². The van der Waals surface area contributed by atoms with Crippen LogP contribution in [-0.4, -0.2) is 0 Å². The second kappa shape index (κ2) is 2.85. The monoisotopic (exact) mass is 244 g/mol. The van der Waals surface area contributed by atoms with E-state index in [9.17, 15) is 0 Å². The normalized spacial score (nSPS) is 11.2. The third kappa shape index (κ3) is 1.07. The zero-order valence-corrected chi connectivity index (χ0v) is 8.95. The molecule has 0 saturated heterocycles. The molecule has 14 heavy (non-hydrogen) atoms. The molecule has 2 aromatic carbocycles. The molecule has 0 aliphatic heterocycles. The zero-order chi connectivity index (χ0) is 9.54. The average molecular weight is 245 g/mol. The van der Waals surface area contributed by atoms with Crippen LogP contribution in [0.25, 0.3) is 21.8 Å². The predicted octanol–water partition coefficient (Wildman–Crippen LogP) is 3.71. The molecule has 0 radical (unpaired) electrons. The second-order valence-electron chi connectivity index (χ2n) is 3.29. The fourth-order valence-corrected chi connectivity index (χ4v) is 2.10. The van der Waals surface area contributed by atoms with E-state index in [2.05, 4.69) is 45.2 Å². The van der Waals surface area contributed by atoms with E-state index in [0.717, 1.165) is 15.5 Å². The molecule has 1 aromatic heterocycles. The van der Waals surface area contributed by atoms with E-state index in [1.165, 1.54) is 10.8 Å². The van der Waals surface area contributed by atoms with E-state index < -0.39 is 0 Å². The van der Waals surface area contributed by atoms with Crippen molar-refractivity contribution in [3.63, 3.8) is 0 Å². The molecular formula is C12H7BrN-. The molecule has 3 rings (SSSR count). The van der Waals surface area contributed by atoms with Gasteiger partial charge in [0.05, 0.1) is 0 Å². The minimum absolute atomic E-state index is 1.06. The van der Waals surface area contributed by atoms with E-state index >= 15 is 0 Å². The van der Waals surface area contributed by atoms with Gasteiger partial charge in [0, 0.05) is 4.47 Å². The summed E-state index contributed by atoms with van der Waals surface area (Å²) in [4.78, 5) is 4.55. The van der Waals surface area contributed by atoms with Gasteiger partial charge >= 0.3 is 0 Å². The Morgan fingerprint density at radius 2 is 1.64 bits per heavy atom. The molecule has 0 aliphatic rings. The molecule has 0 spiro atoms. The molecule has 0 N–H and O–H groups in total. The largest absolute Gasteiger partial charge is 0.657 e. The summed E-state index contributed by atoms with van der Waals surface area (Å²) >= 11 is 3.45. The molecule has 1 heterocycles. The molecule has 1 nitrogen and oxygen atoms in total. The number of para-hydroxylation sites is 1. The zero-order valence-electron chi connectivity index (χ0n) is 7.37. The Hall–Kier alpha value is -1.28. The van der Waals surface area contributed by atoms with Crippen LogP contribution in [-0.2, 0) is 0 Å². The van der Waals surface area contributed by atoms with Gasteiger partial charge in [0.15, 0.2) is 0 Å². The summed E-state index contributed by atoms with van der Waals surface area (Å²) in [7, 11) is 0. The molecule has 2 heteroatoms. The van der Waals surface area contributed by atoms with Crippen molar-refractivity contribution in [3.05, 3.63) is 46.9 Å². The highest BCUT2D eigenvalue weighted by Gasteiger charge is 1.94. The number of rotatable bonds is 0. The summed E-state index contributed by atoms with van der Waals surface area (Å²) in [6, 6.07) is 14.4. The minimum atomic E-state index is 1.06. The molecule has 68 valence electrons. The highest BCUT2D eigenvalue weighted by molar-refractivity contribution is 9.10. The quantitative estimate of drug-likeness (QED) is 0.588. The van der Waals surface area contributed by atoms with Crippen molar-refractivity contribution in [3.8, 4) is 0 Å². The maximum Gasteiger partial charge on any atom is 0.0163 e. The van der Waals surface area contributed by atoms with Gasteiger partial charge in [-0.15, -0.1) is 11.0 Å². The summed E-state index contributed by atoms with van der Waals surface area (Å²) < 4.78 is 1.08. The number of halogens is 1. The lowest BCUT2D eigenvalue weighted by Crippen LogP contribution is -1.69. The van der Waals surface area contributed by atoms with E-state index in [-0.39, 0.29) is 0 Å². The predicted molar refractivity (Wildman–Crippen MR) is 62.5 cm³/mol. The number of fused-ring (bicyclic) bond motifs is 3. The molecule has 0 unspecified atom stereocenters. The Morgan fingerprint density at radius 3 is 2.57 bits per heavy atom. The summed E-state index contributed by atoms with van der Waals surface area (Å²) in [5, 5.41) is 2.46. The Balaban J connectivity index is 2.57. The first-order valence-electron chi connectivity index (χ1n) is 4.45. The van der Waals surface area contributed by atoms with Crippen LogP contribution in [0.5, 0.6) is 0 Å². The first-order valence-corrected chi connectivity index (χ1v) is 5.24. The van der Waals surface area contributed by atoms with Crippen molar-refractivity contribution < 1.29 is 0 Å². The SMILES string of the molecule is Brc1ccc2c(c1)[n-]c1ccccc12. The van der Waals surface area contributed by atoms with Gasteiger partial charge in [-0.25, -0.2) is 0 Å². The molecule has 0 atom stereocenters. The highest BCUT2D eigenvalue weighted by Crippen LogP contribution is 2.26. The molecular weight excluding hydrogens is 238 g/mol. The average Bonchev–Trinajstić information content (AvgIpc) is 2.54. The van der Waals surface area contributed by atoms with Gasteiger partial charge in [-0.2, -0.15) is 0 Å². The lowest BCUT2D eigenvalue weighted by Gasteiger charge is -1.98. The van der Waals surface area contributed by atoms with Gasteiger partial charge < -0.3 is 4.98 Å². The first-order chi connectivity index (χ1) is 6.84. The number of hydrogen-bond donors (Lipinski definition) is 0. The van der Waals surface area contributed by atoms with E-state index in [0.29, 0.717) is 0 Å². The Morgan fingerprint density at radius 1 is 0.857 bits per heavy atom. The summed E-state index contributed by atoms with van der Waals surface area (Å²) in [5.74, 6) is 0. The molecule has 0 aliphatic carbocycles. The van der Waals surface area contributed by atoms with Crippen molar-refractivity contribution in [2.75, 3.05) is 0 Å². The minimum Gasteiger partial charge on any atom is -0.657 e. The summed E-state index contributed by atoms with van der Waals surface area (Å²) in [6.07, 6.45) is 0. The fraction of sp³-hybridized carbons (Fsp3) is 0. The van der Waals surface area contributed by atoms with Crippen LogP contribution in [0.2, 0.25) is 0 Å². The Kier molecular flexibility index (Phi) is 1.64. The maximum absolute atomic E-state index is 4.55. The summed E-state index contributed by atoms with van der Waals surface area (Å²) in [5.41, 5.74) is 2.13. The van der Waals surface area contributed by atoms with Gasteiger partial charge in [0.1, 0.15) is 0 Å². The van der Waals surface area contributed by atoms with Crippen LogP contribution < -0.4 is 4.98 Å². The lowest BCUT2D eigenvalue weighted by atomic mass is 10.2. The van der Waals surface area contributed by atoms with Crippen molar-refractivity contribution in [2.24, 2.45) is 0 Å².